The van der Waals surface area contributed by atoms with E-state index in [2.05, 4.69) is 5.32 Å². The van der Waals surface area contributed by atoms with Crippen molar-refractivity contribution in [3.8, 4) is 11.5 Å². The number of aromatic nitrogens is 1. The lowest BCUT2D eigenvalue weighted by Crippen LogP contribution is -2.35. The number of aryl methyl sites for hydroxylation is 2. The molecule has 0 saturated carbocycles. The van der Waals surface area contributed by atoms with Crippen molar-refractivity contribution in [2.75, 3.05) is 0 Å². The van der Waals surface area contributed by atoms with Crippen LogP contribution in [-0.4, -0.2) is 10.9 Å². The molecule has 3 aromatic rings. The van der Waals surface area contributed by atoms with E-state index in [-0.39, 0.29) is 0 Å². The van der Waals surface area contributed by atoms with Gasteiger partial charge in [0.15, 0.2) is 0 Å². The first-order valence-electron chi connectivity index (χ1n) is 10.3. The zero-order chi connectivity index (χ0) is 23.0. The number of benzene rings is 2. The second kappa shape index (κ2) is 8.18. The van der Waals surface area contributed by atoms with Crippen molar-refractivity contribution in [3.05, 3.63) is 92.4 Å². The number of carbonyl (C=O) groups excluding carboxylic acids is 1. The maximum absolute atomic E-state index is 12.9. The lowest BCUT2D eigenvalue weighted by atomic mass is 9.92. The molecule has 0 saturated heterocycles. The largest absolute Gasteiger partial charge is 0.457 e. The fourth-order valence-corrected chi connectivity index (χ4v) is 3.72. The minimum atomic E-state index is -4.71. The Hall–Kier alpha value is -3.55. The van der Waals surface area contributed by atoms with E-state index in [9.17, 15) is 22.8 Å². The van der Waals surface area contributed by atoms with Gasteiger partial charge in [0.25, 0.3) is 11.5 Å². The summed E-state index contributed by atoms with van der Waals surface area (Å²) in [5, 5.41) is 2.80. The maximum Gasteiger partial charge on any atom is 0.431 e. The smallest absolute Gasteiger partial charge is 0.431 e. The lowest BCUT2D eigenvalue weighted by molar-refractivity contribution is -0.141. The Morgan fingerprint density at radius 1 is 0.969 bits per heavy atom. The first kappa shape index (κ1) is 21.7. The molecule has 0 atom stereocenters. The molecule has 32 heavy (non-hydrogen) atoms. The molecule has 0 aliphatic carbocycles. The van der Waals surface area contributed by atoms with Crippen molar-refractivity contribution in [2.45, 2.75) is 38.9 Å². The van der Waals surface area contributed by atoms with Crippen LogP contribution in [0.3, 0.4) is 0 Å². The molecule has 5 nitrogen and oxygen atoms in total. The summed E-state index contributed by atoms with van der Waals surface area (Å²) in [6, 6.07) is 12.3. The summed E-state index contributed by atoms with van der Waals surface area (Å²) in [7, 11) is 0. The third kappa shape index (κ3) is 4.00. The van der Waals surface area contributed by atoms with E-state index in [1.54, 1.807) is 4.98 Å². The van der Waals surface area contributed by atoms with Crippen LogP contribution < -0.4 is 15.6 Å². The number of amides is 1. The summed E-state index contributed by atoms with van der Waals surface area (Å²) in [6.07, 6.45) is -3.10. The van der Waals surface area contributed by atoms with Crippen molar-refractivity contribution < 1.29 is 22.7 Å². The number of ether oxygens (including phenoxy) is 1. The number of nitrogens with one attached hydrogen (secondary N) is 2. The second-order valence-corrected chi connectivity index (χ2v) is 7.57. The van der Waals surface area contributed by atoms with Gasteiger partial charge in [0.1, 0.15) is 22.8 Å². The third-order valence-electron chi connectivity index (χ3n) is 5.55. The predicted molar refractivity (Wildman–Crippen MR) is 113 cm³/mol. The predicted octanol–water partition coefficient (Wildman–Crippen LogP) is 5.14. The SMILES string of the molecule is CCc1ccc2c(c1)Oc1cc(CC)ccc1C2NC(=O)c1ccc(C(F)(F)F)[nH]c1=O. The number of fused-ring (bicyclic) bond motifs is 2. The van der Waals surface area contributed by atoms with Crippen LogP contribution in [0.15, 0.2) is 53.3 Å². The Morgan fingerprint density at radius 3 is 2.00 bits per heavy atom. The molecule has 2 aromatic carbocycles. The van der Waals surface area contributed by atoms with E-state index >= 15 is 0 Å². The van der Waals surface area contributed by atoms with Gasteiger partial charge in [0.2, 0.25) is 0 Å². The Morgan fingerprint density at radius 2 is 1.53 bits per heavy atom. The number of rotatable bonds is 4. The Balaban J connectivity index is 1.73. The highest BCUT2D eigenvalue weighted by atomic mass is 19.4. The number of hydrogen-bond donors (Lipinski definition) is 2. The second-order valence-electron chi connectivity index (χ2n) is 7.57. The topological polar surface area (TPSA) is 71.2 Å². The Labute approximate surface area is 182 Å². The zero-order valence-corrected chi connectivity index (χ0v) is 17.5. The summed E-state index contributed by atoms with van der Waals surface area (Å²) in [5.41, 5.74) is 0.813. The molecule has 2 N–H and O–H groups in total. The summed E-state index contributed by atoms with van der Waals surface area (Å²) < 4.78 is 44.6. The van der Waals surface area contributed by atoms with Gasteiger partial charge in [-0.15, -0.1) is 0 Å². The van der Waals surface area contributed by atoms with Crippen molar-refractivity contribution in [3.63, 3.8) is 0 Å². The van der Waals surface area contributed by atoms with E-state index in [1.807, 2.05) is 50.2 Å². The van der Waals surface area contributed by atoms with E-state index < -0.39 is 34.9 Å². The number of halogens is 3. The number of hydrogen-bond acceptors (Lipinski definition) is 3. The van der Waals surface area contributed by atoms with E-state index in [1.165, 1.54) is 0 Å². The first-order chi connectivity index (χ1) is 15.2. The van der Waals surface area contributed by atoms with Gasteiger partial charge in [0, 0.05) is 11.1 Å². The molecular weight excluding hydrogens is 421 g/mol. The van der Waals surface area contributed by atoms with E-state index in [0.717, 1.165) is 30.0 Å². The normalized spacial score (nSPS) is 13.2. The van der Waals surface area contributed by atoms with Crippen LogP contribution in [0.25, 0.3) is 0 Å². The molecule has 4 rings (SSSR count). The molecule has 1 aliphatic rings. The Bertz CT molecular complexity index is 1190. The van der Waals surface area contributed by atoms with Crippen LogP contribution in [0.4, 0.5) is 13.2 Å². The van der Waals surface area contributed by atoms with Crippen molar-refractivity contribution in [2.24, 2.45) is 0 Å². The van der Waals surface area contributed by atoms with Gasteiger partial charge in [0.05, 0.1) is 6.04 Å². The highest BCUT2D eigenvalue weighted by molar-refractivity contribution is 5.94. The van der Waals surface area contributed by atoms with Crippen LogP contribution in [0.2, 0.25) is 0 Å². The van der Waals surface area contributed by atoms with Crippen LogP contribution in [-0.2, 0) is 19.0 Å². The molecule has 0 radical (unpaired) electrons. The molecule has 0 bridgehead atoms. The minimum Gasteiger partial charge on any atom is -0.457 e. The van der Waals surface area contributed by atoms with Crippen molar-refractivity contribution in [1.82, 2.24) is 10.3 Å². The van der Waals surface area contributed by atoms with Crippen molar-refractivity contribution in [1.29, 1.82) is 0 Å². The molecule has 2 heterocycles. The van der Waals surface area contributed by atoms with Gasteiger partial charge in [-0.25, -0.2) is 0 Å². The summed E-state index contributed by atoms with van der Waals surface area (Å²) in [5.74, 6) is 0.413. The third-order valence-corrected chi connectivity index (χ3v) is 5.55. The molecule has 1 aliphatic heterocycles. The van der Waals surface area contributed by atoms with Gasteiger partial charge in [-0.3, -0.25) is 9.59 Å². The molecule has 0 spiro atoms. The highest BCUT2D eigenvalue weighted by Gasteiger charge is 2.33. The number of H-pyrrole nitrogens is 1. The number of carbonyl (C=O) groups is 1. The standard InChI is InChI=1S/C24H21F3N2O3/c1-3-13-5-7-15-18(11-13)32-19-12-14(4-2)6-8-16(19)21(15)29-23(31)17-9-10-20(24(25,26)27)28-22(17)30/h5-12,21H,3-4H2,1-2H3,(H,28,30)(H,29,31). The van der Waals surface area contributed by atoms with Crippen LogP contribution in [0, 0.1) is 0 Å². The fraction of sp³-hybridized carbons (Fsp3) is 0.250. The van der Waals surface area contributed by atoms with Gasteiger partial charge < -0.3 is 15.0 Å². The molecule has 0 fully saturated rings. The summed E-state index contributed by atoms with van der Waals surface area (Å²) >= 11 is 0. The number of aromatic amines is 1. The molecule has 8 heteroatoms. The van der Waals surface area contributed by atoms with E-state index in [0.29, 0.717) is 28.7 Å². The molecule has 1 amide bonds. The van der Waals surface area contributed by atoms with Gasteiger partial charge in [-0.1, -0.05) is 38.1 Å². The van der Waals surface area contributed by atoms with Gasteiger partial charge >= 0.3 is 6.18 Å². The Kier molecular flexibility index (Phi) is 5.54. The summed E-state index contributed by atoms with van der Waals surface area (Å²) in [6.45, 7) is 4.04. The molecular formula is C24H21F3N2O3. The monoisotopic (exact) mass is 442 g/mol. The van der Waals surface area contributed by atoms with Crippen molar-refractivity contribution >= 4 is 5.91 Å². The van der Waals surface area contributed by atoms with Crippen LogP contribution >= 0.6 is 0 Å². The average molecular weight is 442 g/mol. The lowest BCUT2D eigenvalue weighted by Gasteiger charge is -2.29. The fourth-order valence-electron chi connectivity index (χ4n) is 3.72. The van der Waals surface area contributed by atoms with Gasteiger partial charge in [-0.2, -0.15) is 13.2 Å². The molecule has 0 unspecified atom stereocenters. The van der Waals surface area contributed by atoms with E-state index in [4.69, 9.17) is 4.74 Å². The number of pyridine rings is 1. The first-order valence-corrected chi connectivity index (χ1v) is 10.3. The zero-order valence-electron chi connectivity index (χ0n) is 17.5. The minimum absolute atomic E-state index is 0.400. The van der Waals surface area contributed by atoms with Gasteiger partial charge in [-0.05, 0) is 48.2 Å². The number of alkyl halides is 3. The maximum atomic E-state index is 12.9. The van der Waals surface area contributed by atoms with Crippen LogP contribution in [0.1, 0.15) is 58.2 Å². The summed E-state index contributed by atoms with van der Waals surface area (Å²) in [4.78, 5) is 26.8. The molecule has 166 valence electrons. The van der Waals surface area contributed by atoms with Crippen LogP contribution in [0.5, 0.6) is 11.5 Å². The average Bonchev–Trinajstić information content (AvgIpc) is 2.77. The highest BCUT2D eigenvalue weighted by Crippen LogP contribution is 2.43. The molecule has 1 aromatic heterocycles. The quantitative estimate of drug-likeness (QED) is 0.588.